The van der Waals surface area contributed by atoms with E-state index in [0.29, 0.717) is 34.9 Å². The smallest absolute Gasteiger partial charge is 0.416 e. The number of nitrogens with one attached hydrogen (secondary N) is 1. The van der Waals surface area contributed by atoms with Gasteiger partial charge < -0.3 is 14.8 Å². The van der Waals surface area contributed by atoms with E-state index in [1.807, 2.05) is 0 Å². The Hall–Kier alpha value is -3.18. The molecule has 0 aromatic heterocycles. The highest BCUT2D eigenvalue weighted by molar-refractivity contribution is 8.18. The molecule has 34 heavy (non-hydrogen) atoms. The number of methoxy groups -OCH3 is 2. The number of hydrogen-bond acceptors (Lipinski definition) is 6. The number of halogens is 4. The van der Waals surface area contributed by atoms with E-state index >= 15 is 0 Å². The maximum Gasteiger partial charge on any atom is 0.416 e. The average molecular weight is 515 g/mol. The van der Waals surface area contributed by atoms with Crippen LogP contribution in [0.4, 0.5) is 23.7 Å². The molecule has 12 heteroatoms. The van der Waals surface area contributed by atoms with Crippen LogP contribution in [0.1, 0.15) is 17.5 Å². The molecule has 0 bridgehead atoms. The van der Waals surface area contributed by atoms with Crippen LogP contribution in [0.15, 0.2) is 41.3 Å². The number of imide groups is 1. The monoisotopic (exact) mass is 514 g/mol. The topological polar surface area (TPSA) is 84.9 Å². The van der Waals surface area contributed by atoms with Gasteiger partial charge in [0, 0.05) is 13.0 Å². The fourth-order valence-electron chi connectivity index (χ4n) is 3.01. The van der Waals surface area contributed by atoms with Gasteiger partial charge in [0.25, 0.3) is 11.1 Å². The third-order valence-corrected chi connectivity index (χ3v) is 5.95. The van der Waals surface area contributed by atoms with Gasteiger partial charge >= 0.3 is 6.18 Å². The van der Waals surface area contributed by atoms with Crippen molar-refractivity contribution in [1.82, 2.24) is 4.90 Å². The molecule has 0 spiro atoms. The van der Waals surface area contributed by atoms with Crippen LogP contribution in [0, 0.1) is 0 Å². The van der Waals surface area contributed by atoms with Gasteiger partial charge in [0.1, 0.15) is 0 Å². The van der Waals surface area contributed by atoms with Gasteiger partial charge in [-0.3, -0.25) is 19.3 Å². The lowest BCUT2D eigenvalue weighted by Crippen LogP contribution is -2.31. The van der Waals surface area contributed by atoms with E-state index in [1.165, 1.54) is 20.3 Å². The van der Waals surface area contributed by atoms with E-state index in [0.717, 1.165) is 17.0 Å². The first-order valence-electron chi connectivity index (χ1n) is 9.67. The molecule has 1 heterocycles. The largest absolute Gasteiger partial charge is 0.493 e. The van der Waals surface area contributed by atoms with Crippen molar-refractivity contribution in [2.75, 3.05) is 26.1 Å². The summed E-state index contributed by atoms with van der Waals surface area (Å²) in [4.78, 5) is 38.3. The van der Waals surface area contributed by atoms with Crippen LogP contribution in [0.5, 0.6) is 11.5 Å². The molecular formula is C22H18ClF3N2O5S. The van der Waals surface area contributed by atoms with Gasteiger partial charge in [-0.2, -0.15) is 13.2 Å². The van der Waals surface area contributed by atoms with Crippen LogP contribution < -0.4 is 14.8 Å². The van der Waals surface area contributed by atoms with Gasteiger partial charge in [-0.25, -0.2) is 0 Å². The second kappa shape index (κ2) is 10.4. The SMILES string of the molecule is COc1ccc(/C=C2\SC(=O)N(CCC(=O)Nc3cc(C(F)(F)F)ccc3Cl)C2=O)cc1OC. The molecule has 1 fully saturated rings. The Bertz CT molecular complexity index is 1170. The first-order valence-corrected chi connectivity index (χ1v) is 10.9. The molecule has 0 radical (unpaired) electrons. The van der Waals surface area contributed by atoms with Crippen molar-refractivity contribution in [2.45, 2.75) is 12.6 Å². The zero-order chi connectivity index (χ0) is 25.0. The maximum atomic E-state index is 12.9. The molecule has 1 aliphatic rings. The second-order valence-corrected chi connectivity index (χ2v) is 8.34. The van der Waals surface area contributed by atoms with Gasteiger partial charge in [0.05, 0.1) is 35.4 Å². The molecule has 3 amide bonds. The van der Waals surface area contributed by atoms with Crippen LogP contribution in [0.2, 0.25) is 5.02 Å². The number of rotatable bonds is 7. The molecule has 3 rings (SSSR count). The zero-order valence-electron chi connectivity index (χ0n) is 17.9. The third-order valence-electron chi connectivity index (χ3n) is 4.71. The van der Waals surface area contributed by atoms with Crippen molar-refractivity contribution in [3.63, 3.8) is 0 Å². The van der Waals surface area contributed by atoms with Crippen LogP contribution in [0.3, 0.4) is 0 Å². The average Bonchev–Trinajstić information content (AvgIpc) is 3.05. The number of alkyl halides is 3. The van der Waals surface area contributed by atoms with Crippen molar-refractivity contribution in [1.29, 1.82) is 0 Å². The highest BCUT2D eigenvalue weighted by Crippen LogP contribution is 2.35. The number of nitrogens with zero attached hydrogens (tertiary/aromatic N) is 1. The molecule has 7 nitrogen and oxygen atoms in total. The summed E-state index contributed by atoms with van der Waals surface area (Å²) in [5.41, 5.74) is -0.595. The Morgan fingerprint density at radius 1 is 1.12 bits per heavy atom. The normalized spacial score (nSPS) is 15.1. The summed E-state index contributed by atoms with van der Waals surface area (Å²) >= 11 is 6.58. The van der Waals surface area contributed by atoms with Crippen LogP contribution in [-0.2, 0) is 15.8 Å². The molecule has 1 N–H and O–H groups in total. The summed E-state index contributed by atoms with van der Waals surface area (Å²) in [7, 11) is 2.95. The summed E-state index contributed by atoms with van der Waals surface area (Å²) in [5, 5.41) is 1.64. The zero-order valence-corrected chi connectivity index (χ0v) is 19.4. The Labute approximate surface area is 201 Å². The van der Waals surface area contributed by atoms with E-state index in [2.05, 4.69) is 5.32 Å². The fraction of sp³-hybridized carbons (Fsp3) is 0.227. The number of ether oxygens (including phenoxy) is 2. The van der Waals surface area contributed by atoms with Crippen molar-refractivity contribution < 1.29 is 37.0 Å². The van der Waals surface area contributed by atoms with Crippen molar-refractivity contribution >= 4 is 52.2 Å². The summed E-state index contributed by atoms with van der Waals surface area (Å²) < 4.78 is 49.1. The predicted octanol–water partition coefficient (Wildman–Crippen LogP) is 5.44. The Balaban J connectivity index is 1.66. The number of thioether (sulfide) groups is 1. The number of amides is 3. The Morgan fingerprint density at radius 3 is 2.47 bits per heavy atom. The van der Waals surface area contributed by atoms with E-state index in [-0.39, 0.29) is 28.6 Å². The van der Waals surface area contributed by atoms with E-state index in [4.69, 9.17) is 21.1 Å². The van der Waals surface area contributed by atoms with E-state index in [1.54, 1.807) is 18.2 Å². The van der Waals surface area contributed by atoms with Gasteiger partial charge in [-0.05, 0) is 53.7 Å². The molecule has 0 saturated carbocycles. The number of carbonyl (C=O) groups excluding carboxylic acids is 3. The minimum Gasteiger partial charge on any atom is -0.493 e. The lowest BCUT2D eigenvalue weighted by molar-refractivity contribution is -0.137. The first kappa shape index (κ1) is 25.4. The summed E-state index contributed by atoms with van der Waals surface area (Å²) in [6.07, 6.45) is -3.42. The van der Waals surface area contributed by atoms with Crippen molar-refractivity contribution in [2.24, 2.45) is 0 Å². The molecule has 2 aromatic carbocycles. The van der Waals surface area contributed by atoms with Crippen LogP contribution in [-0.4, -0.2) is 42.7 Å². The number of hydrogen-bond donors (Lipinski definition) is 1. The van der Waals surface area contributed by atoms with E-state index < -0.39 is 28.8 Å². The summed E-state index contributed by atoms with van der Waals surface area (Å²) in [6.45, 7) is -0.254. The second-order valence-electron chi connectivity index (χ2n) is 6.94. The molecule has 180 valence electrons. The van der Waals surface area contributed by atoms with Gasteiger partial charge in [0.15, 0.2) is 11.5 Å². The minimum atomic E-state index is -4.60. The van der Waals surface area contributed by atoms with E-state index in [9.17, 15) is 27.6 Å². The van der Waals surface area contributed by atoms with Crippen molar-refractivity contribution in [3.8, 4) is 11.5 Å². The first-order chi connectivity index (χ1) is 16.0. The number of benzene rings is 2. The molecule has 1 saturated heterocycles. The summed E-state index contributed by atoms with van der Waals surface area (Å²) in [6, 6.07) is 7.50. The fourth-order valence-corrected chi connectivity index (χ4v) is 4.04. The molecular weight excluding hydrogens is 497 g/mol. The van der Waals surface area contributed by atoms with Gasteiger partial charge in [0.2, 0.25) is 5.91 Å². The third kappa shape index (κ3) is 5.84. The highest BCUT2D eigenvalue weighted by Gasteiger charge is 2.35. The Kier molecular flexibility index (Phi) is 7.78. The van der Waals surface area contributed by atoms with Crippen LogP contribution in [0.25, 0.3) is 6.08 Å². The highest BCUT2D eigenvalue weighted by atomic mass is 35.5. The molecule has 2 aromatic rings. The van der Waals surface area contributed by atoms with Gasteiger partial charge in [-0.1, -0.05) is 17.7 Å². The maximum absolute atomic E-state index is 12.9. The standard InChI is InChI=1S/C22H18ClF3N2O5S/c1-32-16-6-3-12(9-17(16)33-2)10-18-20(30)28(21(31)34-18)8-7-19(29)27-15-11-13(22(24,25)26)4-5-14(15)23/h3-6,9-11H,7-8H2,1-2H3,(H,27,29)/b18-10-. The number of anilines is 1. The quantitative estimate of drug-likeness (QED) is 0.495. The predicted molar refractivity (Wildman–Crippen MR) is 122 cm³/mol. The molecule has 1 aliphatic heterocycles. The number of carbonyl (C=O) groups is 3. The molecule has 0 atom stereocenters. The van der Waals surface area contributed by atoms with Crippen molar-refractivity contribution in [3.05, 3.63) is 57.5 Å². The van der Waals surface area contributed by atoms with Gasteiger partial charge in [-0.15, -0.1) is 0 Å². The lowest BCUT2D eigenvalue weighted by atomic mass is 10.2. The minimum absolute atomic E-state index is 0.0784. The van der Waals surface area contributed by atoms with Crippen LogP contribution >= 0.6 is 23.4 Å². The molecule has 0 aliphatic carbocycles. The molecule has 0 unspecified atom stereocenters. The Morgan fingerprint density at radius 2 is 1.82 bits per heavy atom. The summed E-state index contributed by atoms with van der Waals surface area (Å²) in [5.74, 6) is -0.348. The lowest BCUT2D eigenvalue weighted by Gasteiger charge is -2.14.